The molecule has 1 unspecified atom stereocenters. The van der Waals surface area contributed by atoms with Crippen LogP contribution in [0, 0.1) is 0 Å². The summed E-state index contributed by atoms with van der Waals surface area (Å²) in [7, 11) is 0. The van der Waals surface area contributed by atoms with E-state index in [1.54, 1.807) is 24.3 Å². The summed E-state index contributed by atoms with van der Waals surface area (Å²) < 4.78 is 0. The van der Waals surface area contributed by atoms with Gasteiger partial charge in [0.15, 0.2) is 0 Å². The fourth-order valence-corrected chi connectivity index (χ4v) is 1.53. The van der Waals surface area contributed by atoms with E-state index in [1.165, 1.54) is 6.92 Å². The highest BCUT2D eigenvalue weighted by Gasteiger charge is 2.21. The molecule has 0 aliphatic heterocycles. The average molecular weight is 194 g/mol. The van der Waals surface area contributed by atoms with Gasteiger partial charge in [0.1, 0.15) is 11.7 Å². The van der Waals surface area contributed by atoms with E-state index in [-0.39, 0.29) is 5.78 Å². The molecule has 0 N–H and O–H groups in total. The number of Topliss-reactive ketones (excluding diaryl/α,β-unsaturated/α-hetero) is 1. The molecule has 2 nitrogen and oxygen atoms in total. The summed E-state index contributed by atoms with van der Waals surface area (Å²) in [4.78, 5) is 22.1. The van der Waals surface area contributed by atoms with Gasteiger partial charge in [-0.15, -0.1) is 12.6 Å². The van der Waals surface area contributed by atoms with Crippen LogP contribution in [0.1, 0.15) is 18.4 Å². The van der Waals surface area contributed by atoms with Crippen LogP contribution in [0.2, 0.25) is 0 Å². The van der Waals surface area contributed by atoms with Crippen molar-refractivity contribution in [1.29, 1.82) is 0 Å². The summed E-state index contributed by atoms with van der Waals surface area (Å²) in [5.74, 6) is -0.893. The summed E-state index contributed by atoms with van der Waals surface area (Å²) in [6.07, 6.45) is 0. The van der Waals surface area contributed by atoms with Crippen LogP contribution in [-0.4, -0.2) is 10.9 Å². The minimum Gasteiger partial charge on any atom is -0.299 e. The van der Waals surface area contributed by atoms with Crippen LogP contribution in [0.3, 0.4) is 0 Å². The number of carbonyl (C=O) groups excluding carboxylic acids is 2. The lowest BCUT2D eigenvalue weighted by Crippen LogP contribution is -2.15. The van der Waals surface area contributed by atoms with Crippen LogP contribution in [-0.2, 0) is 9.59 Å². The second kappa shape index (κ2) is 4.23. The Morgan fingerprint density at radius 1 is 1.23 bits per heavy atom. The molecular formula is C10H10O2S. The van der Waals surface area contributed by atoms with Crippen LogP contribution < -0.4 is 0 Å². The molecule has 0 heterocycles. The minimum absolute atomic E-state index is 0.175. The average Bonchev–Trinajstić information content (AvgIpc) is 2.04. The molecule has 0 spiro atoms. The second-order valence-electron chi connectivity index (χ2n) is 2.79. The third-order valence-electron chi connectivity index (χ3n) is 1.79. The van der Waals surface area contributed by atoms with Gasteiger partial charge in [-0.2, -0.15) is 0 Å². The number of hydrogen-bond donors (Lipinski definition) is 1. The fraction of sp³-hybridized carbons (Fsp3) is 0.200. The number of rotatable bonds is 3. The Bertz CT molecular complexity index is 305. The van der Waals surface area contributed by atoms with E-state index >= 15 is 0 Å². The van der Waals surface area contributed by atoms with Gasteiger partial charge in [0.25, 0.3) is 0 Å². The third kappa shape index (κ3) is 2.42. The number of ketones is 1. The van der Waals surface area contributed by atoms with Crippen molar-refractivity contribution >= 4 is 23.5 Å². The van der Waals surface area contributed by atoms with Gasteiger partial charge in [-0.3, -0.25) is 9.59 Å². The van der Waals surface area contributed by atoms with Crippen LogP contribution >= 0.6 is 12.6 Å². The molecule has 1 aromatic rings. The van der Waals surface area contributed by atoms with Crippen molar-refractivity contribution in [1.82, 2.24) is 0 Å². The molecule has 1 atom stereocenters. The van der Waals surface area contributed by atoms with Gasteiger partial charge >= 0.3 is 0 Å². The summed E-state index contributed by atoms with van der Waals surface area (Å²) >= 11 is 3.68. The lowest BCUT2D eigenvalue weighted by atomic mass is 9.97. The number of hydrogen-bond acceptors (Lipinski definition) is 2. The van der Waals surface area contributed by atoms with Crippen molar-refractivity contribution in [2.45, 2.75) is 12.8 Å². The summed E-state index contributed by atoms with van der Waals surface area (Å²) in [6.45, 7) is 1.39. The summed E-state index contributed by atoms with van der Waals surface area (Å²) in [5.41, 5.74) is 0.704. The van der Waals surface area contributed by atoms with E-state index in [1.807, 2.05) is 6.07 Å². The molecule has 1 rings (SSSR count). The molecule has 13 heavy (non-hydrogen) atoms. The van der Waals surface area contributed by atoms with Gasteiger partial charge in [-0.05, 0) is 12.5 Å². The number of thiol groups is 1. The smallest absolute Gasteiger partial charge is 0.200 e. The molecule has 0 radical (unpaired) electrons. The first-order valence-electron chi connectivity index (χ1n) is 3.91. The molecule has 0 amide bonds. The lowest BCUT2D eigenvalue weighted by molar-refractivity contribution is -0.123. The maximum absolute atomic E-state index is 11.1. The highest BCUT2D eigenvalue weighted by Crippen LogP contribution is 2.18. The van der Waals surface area contributed by atoms with Crippen molar-refractivity contribution in [2.24, 2.45) is 0 Å². The quantitative estimate of drug-likeness (QED) is 0.588. The Balaban J connectivity index is 3.03. The van der Waals surface area contributed by atoms with Gasteiger partial charge in [0.05, 0.1) is 0 Å². The van der Waals surface area contributed by atoms with Crippen LogP contribution in [0.25, 0.3) is 0 Å². The van der Waals surface area contributed by atoms with Gasteiger partial charge < -0.3 is 0 Å². The first-order chi connectivity index (χ1) is 6.13. The third-order valence-corrected chi connectivity index (χ3v) is 2.04. The van der Waals surface area contributed by atoms with Gasteiger partial charge in [-0.1, -0.05) is 30.3 Å². The maximum atomic E-state index is 11.1. The van der Waals surface area contributed by atoms with Gasteiger partial charge in [-0.25, -0.2) is 0 Å². The summed E-state index contributed by atoms with van der Waals surface area (Å²) in [6, 6.07) is 8.92. The Hall–Kier alpha value is -1.09. The maximum Gasteiger partial charge on any atom is 0.200 e. The molecule has 1 aromatic carbocycles. The molecule has 0 aliphatic carbocycles. The number of carbonyl (C=O) groups is 2. The monoisotopic (exact) mass is 194 g/mol. The molecule has 0 aromatic heterocycles. The molecule has 0 fully saturated rings. The minimum atomic E-state index is -0.718. The fourth-order valence-electron chi connectivity index (χ4n) is 1.20. The van der Waals surface area contributed by atoms with Crippen LogP contribution in [0.5, 0.6) is 0 Å². The van der Waals surface area contributed by atoms with E-state index in [0.29, 0.717) is 5.56 Å². The van der Waals surface area contributed by atoms with Crippen molar-refractivity contribution in [3.63, 3.8) is 0 Å². The van der Waals surface area contributed by atoms with Crippen LogP contribution in [0.4, 0.5) is 0 Å². The van der Waals surface area contributed by atoms with Crippen molar-refractivity contribution in [3.05, 3.63) is 35.9 Å². The highest BCUT2D eigenvalue weighted by molar-refractivity contribution is 7.96. The predicted octanol–water partition coefficient (Wildman–Crippen LogP) is 1.82. The molecule has 0 bridgehead atoms. The van der Waals surface area contributed by atoms with Crippen molar-refractivity contribution in [2.75, 3.05) is 0 Å². The number of benzene rings is 1. The molecule has 68 valence electrons. The predicted molar refractivity (Wildman–Crippen MR) is 53.9 cm³/mol. The normalized spacial score (nSPS) is 12.2. The van der Waals surface area contributed by atoms with E-state index in [2.05, 4.69) is 12.6 Å². The summed E-state index contributed by atoms with van der Waals surface area (Å²) in [5, 5.41) is -0.404. The zero-order valence-corrected chi connectivity index (χ0v) is 8.12. The molecule has 0 saturated heterocycles. The van der Waals surface area contributed by atoms with E-state index in [9.17, 15) is 9.59 Å². The van der Waals surface area contributed by atoms with Crippen molar-refractivity contribution in [3.8, 4) is 0 Å². The molecule has 0 aliphatic rings. The Morgan fingerprint density at radius 2 is 1.77 bits per heavy atom. The van der Waals surface area contributed by atoms with Gasteiger partial charge in [0, 0.05) is 0 Å². The SMILES string of the molecule is CC(=O)C(C(=O)S)c1ccccc1. The highest BCUT2D eigenvalue weighted by atomic mass is 32.1. The van der Waals surface area contributed by atoms with Crippen molar-refractivity contribution < 1.29 is 9.59 Å². The van der Waals surface area contributed by atoms with E-state index in [0.717, 1.165) is 0 Å². The largest absolute Gasteiger partial charge is 0.299 e. The van der Waals surface area contributed by atoms with E-state index in [4.69, 9.17) is 0 Å². The molecular weight excluding hydrogens is 184 g/mol. The second-order valence-corrected chi connectivity index (χ2v) is 3.23. The first kappa shape index (κ1) is 9.99. The topological polar surface area (TPSA) is 34.1 Å². The van der Waals surface area contributed by atoms with E-state index < -0.39 is 11.0 Å². The molecule has 0 saturated carbocycles. The standard InChI is InChI=1S/C10H10O2S/c1-7(11)9(10(12)13)8-5-3-2-4-6-8/h2-6,9H,1H3,(H,12,13). The zero-order valence-electron chi connectivity index (χ0n) is 7.23. The Labute approximate surface area is 82.4 Å². The Kier molecular flexibility index (Phi) is 3.25. The van der Waals surface area contributed by atoms with Gasteiger partial charge in [0.2, 0.25) is 5.12 Å². The van der Waals surface area contributed by atoms with Crippen LogP contribution in [0.15, 0.2) is 30.3 Å². The zero-order chi connectivity index (χ0) is 9.84. The molecule has 3 heteroatoms. The first-order valence-corrected chi connectivity index (χ1v) is 4.36. The lowest BCUT2D eigenvalue weighted by Gasteiger charge is -2.08. The Morgan fingerprint density at radius 3 is 2.15 bits per heavy atom.